The first-order valence-electron chi connectivity index (χ1n) is 22.4. The third-order valence-corrected chi connectivity index (χ3v) is 15.7. The fourth-order valence-corrected chi connectivity index (χ4v) is 12.4. The van der Waals surface area contributed by atoms with Crippen LogP contribution in [-0.2, 0) is 17.3 Å². The summed E-state index contributed by atoms with van der Waals surface area (Å²) in [6.45, 7) is 9.72. The maximum Gasteiger partial charge on any atom is 0.0159 e. The molecule has 4 aliphatic carbocycles. The molecule has 0 fully saturated rings. The molecule has 0 spiro atoms. The molecule has 0 aliphatic heterocycles. The number of hydrogen-bond donors (Lipinski definition) is 0. The van der Waals surface area contributed by atoms with Crippen molar-refractivity contribution in [1.82, 2.24) is 0 Å². The van der Waals surface area contributed by atoms with Crippen molar-refractivity contribution in [2.24, 2.45) is 0 Å². The van der Waals surface area contributed by atoms with E-state index in [1.165, 1.54) is 143 Å². The van der Waals surface area contributed by atoms with Gasteiger partial charge in [-0.25, -0.2) is 0 Å². The molecule has 10 aromatic rings. The summed E-state index contributed by atoms with van der Waals surface area (Å²) in [6, 6.07) is 58.7. The van der Waals surface area contributed by atoms with E-state index in [0.717, 1.165) is 12.8 Å². The van der Waals surface area contributed by atoms with Gasteiger partial charge < -0.3 is 0 Å². The fourth-order valence-electron chi connectivity index (χ4n) is 12.4. The van der Waals surface area contributed by atoms with Gasteiger partial charge in [0.1, 0.15) is 0 Å². The minimum absolute atomic E-state index is 0.125. The van der Waals surface area contributed by atoms with Crippen LogP contribution in [0.25, 0.3) is 110 Å². The molecular formula is C62H44. The van der Waals surface area contributed by atoms with Gasteiger partial charge in [-0.1, -0.05) is 173 Å². The van der Waals surface area contributed by atoms with Crippen LogP contribution in [0, 0.1) is 0 Å². The van der Waals surface area contributed by atoms with Crippen LogP contribution in [-0.4, -0.2) is 0 Å². The smallest absolute Gasteiger partial charge is 0.0159 e. The summed E-state index contributed by atoms with van der Waals surface area (Å²) in [4.78, 5) is 0. The van der Waals surface area contributed by atoms with Crippen molar-refractivity contribution in [2.75, 3.05) is 0 Å². The van der Waals surface area contributed by atoms with E-state index in [4.69, 9.17) is 0 Å². The van der Waals surface area contributed by atoms with Crippen molar-refractivity contribution in [3.05, 3.63) is 203 Å². The standard InChI is InChI=1S/C62H44/c1-61(2)53-31-43(35-11-13-36(14-12-35)45-25-19-41-17-15-37-7-5-9-39-21-29-49(45)59(41)57(37)39)23-27-47(53)51-33-56-52(34-55(51)61)48-28-24-44(32-54(48)62(56,3)4)46-26-20-42-18-16-38-8-6-10-40-22-30-50(46)60(42)58(38)40/h5-7,9-17,19-34H,8,18H2,1-4H3. The lowest BCUT2D eigenvalue weighted by atomic mass is 9.78. The Bertz CT molecular complexity index is 3700. The minimum atomic E-state index is -0.128. The molecule has 0 radical (unpaired) electrons. The van der Waals surface area contributed by atoms with Crippen LogP contribution >= 0.6 is 0 Å². The quantitative estimate of drug-likeness (QED) is 0.156. The summed E-state index contributed by atoms with van der Waals surface area (Å²) in [5, 5.41) is 10.8. The molecule has 0 aromatic heterocycles. The lowest BCUT2D eigenvalue weighted by Gasteiger charge is -2.25. The van der Waals surface area contributed by atoms with Gasteiger partial charge in [-0.05, 0) is 180 Å². The Kier molecular flexibility index (Phi) is 6.64. The number of benzene rings is 10. The zero-order valence-electron chi connectivity index (χ0n) is 35.6. The Balaban J connectivity index is 0.818. The van der Waals surface area contributed by atoms with Gasteiger partial charge in [0.05, 0.1) is 0 Å². The number of rotatable bonds is 3. The first-order chi connectivity index (χ1) is 30.2. The van der Waals surface area contributed by atoms with Crippen LogP contribution in [0.3, 0.4) is 0 Å². The average Bonchev–Trinajstić information content (AvgIpc) is 3.67. The number of allylic oxidation sites excluding steroid dienone is 3. The van der Waals surface area contributed by atoms with Gasteiger partial charge in [0.25, 0.3) is 0 Å². The second-order valence-corrected chi connectivity index (χ2v) is 19.5. The molecule has 0 bridgehead atoms. The van der Waals surface area contributed by atoms with E-state index in [-0.39, 0.29) is 10.8 Å². The van der Waals surface area contributed by atoms with Gasteiger partial charge in [0.15, 0.2) is 0 Å². The molecule has 292 valence electrons. The molecule has 0 saturated carbocycles. The van der Waals surface area contributed by atoms with E-state index in [9.17, 15) is 0 Å². The van der Waals surface area contributed by atoms with E-state index in [0.29, 0.717) is 0 Å². The van der Waals surface area contributed by atoms with Crippen molar-refractivity contribution in [3.63, 3.8) is 0 Å². The lowest BCUT2D eigenvalue weighted by molar-refractivity contribution is 0.652. The molecule has 4 aliphatic rings. The van der Waals surface area contributed by atoms with Crippen LogP contribution in [0.15, 0.2) is 164 Å². The SMILES string of the molecule is CC1(C)c2cc(-c3ccc(-c4ccc5ccc6cccc7ccc4c5c67)cc3)ccc2-c2cc3c(cc21)-c1ccc(-c2ccc4c5c6c(ccc25)C=CCC6=CC4)cc1C3(C)C. The first-order valence-corrected chi connectivity index (χ1v) is 22.4. The Morgan fingerprint density at radius 3 is 1.66 bits per heavy atom. The highest BCUT2D eigenvalue weighted by atomic mass is 14.4. The third-order valence-electron chi connectivity index (χ3n) is 15.7. The maximum absolute atomic E-state index is 2.55. The Hall–Kier alpha value is -7.02. The molecule has 62 heavy (non-hydrogen) atoms. The Morgan fingerprint density at radius 1 is 0.387 bits per heavy atom. The number of hydrogen-bond acceptors (Lipinski definition) is 0. The van der Waals surface area contributed by atoms with Crippen LogP contribution < -0.4 is 0 Å². The highest BCUT2D eigenvalue weighted by Crippen LogP contribution is 2.57. The van der Waals surface area contributed by atoms with Gasteiger partial charge in [-0.15, -0.1) is 0 Å². The lowest BCUT2D eigenvalue weighted by Crippen LogP contribution is -2.17. The first kappa shape index (κ1) is 34.7. The Morgan fingerprint density at radius 2 is 0.919 bits per heavy atom. The second-order valence-electron chi connectivity index (χ2n) is 19.5. The summed E-state index contributed by atoms with van der Waals surface area (Å²) in [5.74, 6) is 0. The van der Waals surface area contributed by atoms with E-state index >= 15 is 0 Å². The molecule has 0 nitrogen and oxygen atoms in total. The summed E-state index contributed by atoms with van der Waals surface area (Å²) in [5.41, 5.74) is 24.5. The van der Waals surface area contributed by atoms with E-state index < -0.39 is 0 Å². The Labute approximate surface area is 362 Å². The molecule has 0 N–H and O–H groups in total. The third kappa shape index (κ3) is 4.47. The van der Waals surface area contributed by atoms with Gasteiger partial charge in [0, 0.05) is 10.8 Å². The molecule has 0 unspecified atom stereocenters. The molecule has 14 rings (SSSR count). The average molecular weight is 789 g/mol. The fraction of sp³-hybridized carbons (Fsp3) is 0.129. The van der Waals surface area contributed by atoms with E-state index in [1.807, 2.05) is 0 Å². The van der Waals surface area contributed by atoms with Crippen molar-refractivity contribution in [2.45, 2.75) is 51.4 Å². The monoisotopic (exact) mass is 788 g/mol. The van der Waals surface area contributed by atoms with Gasteiger partial charge in [-0.3, -0.25) is 0 Å². The normalized spacial score (nSPS) is 15.9. The number of fused-ring (bicyclic) bond motifs is 6. The highest BCUT2D eigenvalue weighted by Gasteiger charge is 2.42. The summed E-state index contributed by atoms with van der Waals surface area (Å²) < 4.78 is 0. The molecule has 0 heterocycles. The highest BCUT2D eigenvalue weighted by molar-refractivity contribution is 6.25. The van der Waals surface area contributed by atoms with Crippen LogP contribution in [0.1, 0.15) is 73.1 Å². The predicted molar refractivity (Wildman–Crippen MR) is 264 cm³/mol. The minimum Gasteiger partial charge on any atom is -0.0795 e. The molecule has 10 aromatic carbocycles. The zero-order chi connectivity index (χ0) is 41.2. The van der Waals surface area contributed by atoms with Crippen molar-refractivity contribution in [3.8, 4) is 55.6 Å². The largest absolute Gasteiger partial charge is 0.0795 e. The summed E-state index contributed by atoms with van der Waals surface area (Å²) >= 11 is 0. The molecule has 0 heteroatoms. The molecular weight excluding hydrogens is 745 g/mol. The van der Waals surface area contributed by atoms with Crippen molar-refractivity contribution < 1.29 is 0 Å². The van der Waals surface area contributed by atoms with Gasteiger partial charge >= 0.3 is 0 Å². The van der Waals surface area contributed by atoms with Crippen LogP contribution in [0.5, 0.6) is 0 Å². The molecule has 0 atom stereocenters. The summed E-state index contributed by atoms with van der Waals surface area (Å²) in [6.07, 6.45) is 9.13. The van der Waals surface area contributed by atoms with Gasteiger partial charge in [-0.2, -0.15) is 0 Å². The molecule has 0 saturated heterocycles. The van der Waals surface area contributed by atoms with E-state index in [2.05, 4.69) is 198 Å². The summed E-state index contributed by atoms with van der Waals surface area (Å²) in [7, 11) is 0. The van der Waals surface area contributed by atoms with Crippen LogP contribution in [0.2, 0.25) is 0 Å². The zero-order valence-corrected chi connectivity index (χ0v) is 35.6. The van der Waals surface area contributed by atoms with E-state index in [1.54, 1.807) is 0 Å². The van der Waals surface area contributed by atoms with Crippen molar-refractivity contribution in [1.29, 1.82) is 0 Å². The molecule has 0 amide bonds. The van der Waals surface area contributed by atoms with Gasteiger partial charge in [0.2, 0.25) is 0 Å². The maximum atomic E-state index is 2.55. The predicted octanol–water partition coefficient (Wildman–Crippen LogP) is 16.7. The van der Waals surface area contributed by atoms with Crippen LogP contribution in [0.4, 0.5) is 0 Å². The second kappa shape index (κ2) is 11.9. The topological polar surface area (TPSA) is 0 Å². The van der Waals surface area contributed by atoms with Crippen molar-refractivity contribution >= 4 is 54.7 Å².